The lowest BCUT2D eigenvalue weighted by atomic mass is 10.1. The third-order valence-corrected chi connectivity index (χ3v) is 6.88. The summed E-state index contributed by atoms with van der Waals surface area (Å²) in [4.78, 5) is 10.2. The van der Waals surface area contributed by atoms with Gasteiger partial charge < -0.3 is 0 Å². The molecule has 0 saturated heterocycles. The Kier molecular flexibility index (Phi) is 4.73. The van der Waals surface area contributed by atoms with Gasteiger partial charge in [-0.1, -0.05) is 0 Å². The molecule has 0 unspecified atom stereocenters. The van der Waals surface area contributed by atoms with Crippen LogP contribution in [-0.2, 0) is 24.1 Å². The van der Waals surface area contributed by atoms with Crippen LogP contribution in [0.5, 0.6) is 0 Å². The van der Waals surface area contributed by atoms with Crippen LogP contribution in [-0.4, -0.2) is 42.1 Å². The fourth-order valence-electron chi connectivity index (χ4n) is 3.20. The first-order valence-electron chi connectivity index (χ1n) is 9.19. The number of hydrogen-bond donors (Lipinski definition) is 0. The van der Waals surface area contributed by atoms with E-state index >= 15 is 0 Å². The molecule has 0 amide bonds. The van der Waals surface area contributed by atoms with Crippen LogP contribution >= 0.6 is 0 Å². The molecule has 3 aromatic heterocycles. The zero-order valence-corrected chi connectivity index (χ0v) is 18.0. The van der Waals surface area contributed by atoms with E-state index in [4.69, 9.17) is 0 Å². The minimum Gasteiger partial charge on any atom is -0.272 e. The number of benzene rings is 1. The van der Waals surface area contributed by atoms with E-state index in [0.717, 1.165) is 27.6 Å². The van der Waals surface area contributed by atoms with Crippen molar-refractivity contribution in [2.45, 2.75) is 18.7 Å². The molecule has 0 fully saturated rings. The Labute approximate surface area is 177 Å². The van der Waals surface area contributed by atoms with Gasteiger partial charge in [-0.3, -0.25) is 19.5 Å². The number of aromatic nitrogens is 6. The van der Waals surface area contributed by atoms with Gasteiger partial charge in [0.15, 0.2) is 0 Å². The molecule has 0 aliphatic heterocycles. The lowest BCUT2D eigenvalue weighted by Gasteiger charge is -2.08. The van der Waals surface area contributed by atoms with Crippen LogP contribution < -0.4 is 0 Å². The SMILES string of the molecule is Cc1c(-c2cc(-c3cnn(C)c3C)n(S(=O)(=O)c3ccc([N+](=O)[O-])cc3)n2)cnn1C. The van der Waals surface area contributed by atoms with E-state index in [2.05, 4.69) is 15.3 Å². The number of nitro groups is 1. The first-order valence-corrected chi connectivity index (χ1v) is 10.6. The van der Waals surface area contributed by atoms with E-state index in [1.54, 1.807) is 41.9 Å². The van der Waals surface area contributed by atoms with Crippen molar-refractivity contribution in [3.05, 3.63) is 64.2 Å². The molecule has 0 aliphatic rings. The van der Waals surface area contributed by atoms with Gasteiger partial charge in [-0.2, -0.15) is 27.8 Å². The van der Waals surface area contributed by atoms with E-state index in [1.165, 1.54) is 12.1 Å². The molecule has 0 atom stereocenters. The Morgan fingerprint density at radius 3 is 1.97 bits per heavy atom. The second kappa shape index (κ2) is 7.16. The maximum Gasteiger partial charge on any atom is 0.283 e. The number of non-ortho nitro benzene ring substituents is 1. The first kappa shape index (κ1) is 20.5. The predicted octanol–water partition coefficient (Wildman–Crippen LogP) is 2.45. The van der Waals surface area contributed by atoms with Crippen molar-refractivity contribution < 1.29 is 13.3 Å². The highest BCUT2D eigenvalue weighted by atomic mass is 32.2. The summed E-state index contributed by atoms with van der Waals surface area (Å²) in [7, 11) is -0.594. The van der Waals surface area contributed by atoms with E-state index in [9.17, 15) is 18.5 Å². The summed E-state index contributed by atoms with van der Waals surface area (Å²) >= 11 is 0. The van der Waals surface area contributed by atoms with E-state index in [0.29, 0.717) is 22.5 Å². The highest BCUT2D eigenvalue weighted by molar-refractivity contribution is 7.90. The molecule has 4 rings (SSSR count). The van der Waals surface area contributed by atoms with Crippen LogP contribution in [0, 0.1) is 24.0 Å². The minimum atomic E-state index is -4.14. The van der Waals surface area contributed by atoms with Crippen LogP contribution in [0.3, 0.4) is 0 Å². The molecule has 0 bridgehead atoms. The molecule has 0 spiro atoms. The van der Waals surface area contributed by atoms with Crippen LogP contribution in [0.15, 0.2) is 47.6 Å². The molecule has 12 heteroatoms. The highest BCUT2D eigenvalue weighted by Crippen LogP contribution is 2.32. The van der Waals surface area contributed by atoms with E-state index < -0.39 is 14.9 Å². The summed E-state index contributed by atoms with van der Waals surface area (Å²) in [5, 5.41) is 23.7. The van der Waals surface area contributed by atoms with Crippen molar-refractivity contribution in [2.24, 2.45) is 14.1 Å². The number of hydrogen-bond acceptors (Lipinski definition) is 7. The summed E-state index contributed by atoms with van der Waals surface area (Å²) < 4.78 is 31.1. The van der Waals surface area contributed by atoms with Crippen molar-refractivity contribution in [1.29, 1.82) is 0 Å². The van der Waals surface area contributed by atoms with Gasteiger partial charge in [0.05, 0.1) is 33.6 Å². The topological polar surface area (TPSA) is 131 Å². The molecule has 0 aliphatic carbocycles. The van der Waals surface area contributed by atoms with Crippen LogP contribution in [0.4, 0.5) is 5.69 Å². The number of nitro benzene ring substituents is 1. The van der Waals surface area contributed by atoms with Crippen molar-refractivity contribution in [3.8, 4) is 22.5 Å². The van der Waals surface area contributed by atoms with Gasteiger partial charge in [-0.05, 0) is 32.0 Å². The standard InChI is InChI=1S/C19H19N7O4S/c1-12-16(10-20-23(12)3)18-9-19(17-11-21-24(4)13(17)2)25(22-18)31(29,30)15-7-5-14(6-8-15)26(27)28/h5-11H,1-4H3. The maximum absolute atomic E-state index is 13.4. The number of nitrogens with zero attached hydrogens (tertiary/aromatic N) is 7. The largest absolute Gasteiger partial charge is 0.283 e. The second-order valence-corrected chi connectivity index (χ2v) is 8.82. The second-order valence-electron chi connectivity index (χ2n) is 7.05. The molecule has 0 saturated carbocycles. The first-order chi connectivity index (χ1) is 14.6. The Morgan fingerprint density at radius 1 is 0.935 bits per heavy atom. The Morgan fingerprint density at radius 2 is 1.48 bits per heavy atom. The Bertz CT molecular complexity index is 1410. The van der Waals surface area contributed by atoms with Crippen molar-refractivity contribution >= 4 is 15.7 Å². The predicted molar refractivity (Wildman–Crippen MR) is 112 cm³/mol. The fraction of sp³-hybridized carbons (Fsp3) is 0.211. The lowest BCUT2D eigenvalue weighted by molar-refractivity contribution is -0.384. The number of aryl methyl sites for hydroxylation is 2. The van der Waals surface area contributed by atoms with Crippen LogP contribution in [0.1, 0.15) is 11.4 Å². The molecule has 4 aromatic rings. The quantitative estimate of drug-likeness (QED) is 0.343. The van der Waals surface area contributed by atoms with Gasteiger partial charge in [0.25, 0.3) is 15.7 Å². The highest BCUT2D eigenvalue weighted by Gasteiger charge is 2.27. The van der Waals surface area contributed by atoms with Gasteiger partial charge >= 0.3 is 0 Å². The molecule has 1 aromatic carbocycles. The molecular weight excluding hydrogens is 422 g/mol. The average Bonchev–Trinajstić information content (AvgIpc) is 3.41. The summed E-state index contributed by atoms with van der Waals surface area (Å²) in [5.74, 6) is 0. The van der Waals surface area contributed by atoms with Crippen molar-refractivity contribution in [2.75, 3.05) is 0 Å². The van der Waals surface area contributed by atoms with Crippen molar-refractivity contribution in [3.63, 3.8) is 0 Å². The summed E-state index contributed by atoms with van der Waals surface area (Å²) in [6.45, 7) is 3.69. The van der Waals surface area contributed by atoms with Gasteiger partial charge in [0.1, 0.15) is 0 Å². The van der Waals surface area contributed by atoms with E-state index in [1.807, 2.05) is 13.8 Å². The minimum absolute atomic E-state index is 0.113. The smallest absolute Gasteiger partial charge is 0.272 e. The van der Waals surface area contributed by atoms with Gasteiger partial charge in [0.2, 0.25) is 0 Å². The Balaban J connectivity index is 1.94. The maximum atomic E-state index is 13.4. The third kappa shape index (κ3) is 3.30. The molecule has 11 nitrogen and oxygen atoms in total. The summed E-state index contributed by atoms with van der Waals surface area (Å²) in [6, 6.07) is 6.38. The zero-order valence-electron chi connectivity index (χ0n) is 17.2. The fourth-order valence-corrected chi connectivity index (χ4v) is 4.49. The molecule has 0 radical (unpaired) electrons. The third-order valence-electron chi connectivity index (χ3n) is 5.27. The van der Waals surface area contributed by atoms with E-state index in [-0.39, 0.29) is 10.6 Å². The molecular formula is C19H19N7O4S. The van der Waals surface area contributed by atoms with Crippen LogP contribution in [0.2, 0.25) is 0 Å². The lowest BCUT2D eigenvalue weighted by Crippen LogP contribution is -2.16. The van der Waals surface area contributed by atoms with Gasteiger partial charge in [-0.25, -0.2) is 0 Å². The van der Waals surface area contributed by atoms with Gasteiger partial charge in [0, 0.05) is 48.7 Å². The molecule has 160 valence electrons. The van der Waals surface area contributed by atoms with Crippen molar-refractivity contribution in [1.82, 2.24) is 28.7 Å². The average molecular weight is 441 g/mol. The van der Waals surface area contributed by atoms with Crippen LogP contribution in [0.25, 0.3) is 22.5 Å². The van der Waals surface area contributed by atoms with Gasteiger partial charge in [-0.15, -0.1) is 0 Å². The number of rotatable bonds is 5. The molecule has 3 heterocycles. The molecule has 31 heavy (non-hydrogen) atoms. The Hall–Kier alpha value is -3.80. The zero-order chi connectivity index (χ0) is 22.5. The normalized spacial score (nSPS) is 11.7. The summed E-state index contributed by atoms with van der Waals surface area (Å²) in [6.07, 6.45) is 3.20. The molecule has 0 N–H and O–H groups in total. The monoisotopic (exact) mass is 441 g/mol. The summed E-state index contributed by atoms with van der Waals surface area (Å²) in [5.41, 5.74) is 3.46.